The predicted molar refractivity (Wildman–Crippen MR) is 114 cm³/mol. The Kier molecular flexibility index (Phi) is 4.69. The molecule has 7 nitrogen and oxygen atoms in total. The molecule has 0 spiro atoms. The normalized spacial score (nSPS) is 25.4. The van der Waals surface area contributed by atoms with Crippen molar-refractivity contribution in [3.05, 3.63) is 33.4 Å². The molecule has 2 aromatic rings. The minimum absolute atomic E-state index is 0.177. The van der Waals surface area contributed by atoms with Crippen LogP contribution in [-0.2, 0) is 0 Å². The number of benzene rings is 1. The molecule has 2 saturated carbocycles. The summed E-state index contributed by atoms with van der Waals surface area (Å²) in [5.41, 5.74) is 5.48. The van der Waals surface area contributed by atoms with Crippen LogP contribution in [0.4, 0.5) is 20.2 Å². The van der Waals surface area contributed by atoms with E-state index in [0.717, 1.165) is 13.0 Å². The Morgan fingerprint density at radius 2 is 2.06 bits per heavy atom. The van der Waals surface area contributed by atoms with Crippen LogP contribution in [0.15, 0.2) is 11.0 Å². The number of nitrogen functional groups attached to an aromatic ring is 1. The van der Waals surface area contributed by atoms with Gasteiger partial charge in [0.2, 0.25) is 5.43 Å². The Hall–Kier alpha value is -2.68. The highest BCUT2D eigenvalue weighted by Crippen LogP contribution is 2.44. The molecule has 0 radical (unpaired) electrons. The van der Waals surface area contributed by atoms with Gasteiger partial charge in [0.25, 0.3) is 0 Å². The smallest absolute Gasteiger partial charge is 0.341 e. The molecule has 2 heterocycles. The number of aromatic nitrogens is 1. The summed E-state index contributed by atoms with van der Waals surface area (Å²) in [6.07, 6.45) is 3.59. The zero-order valence-corrected chi connectivity index (χ0v) is 17.3. The lowest BCUT2D eigenvalue weighted by Crippen LogP contribution is -2.29. The van der Waals surface area contributed by atoms with Crippen LogP contribution in [0.5, 0.6) is 0 Å². The second-order valence-corrected chi connectivity index (χ2v) is 9.11. The van der Waals surface area contributed by atoms with Crippen molar-refractivity contribution in [2.75, 3.05) is 30.3 Å². The third-order valence-electron chi connectivity index (χ3n) is 6.80. The summed E-state index contributed by atoms with van der Waals surface area (Å²) in [6.45, 7) is 3.90. The van der Waals surface area contributed by atoms with Gasteiger partial charge in [0, 0.05) is 31.7 Å². The number of aryl methyl sites for hydroxylation is 1. The number of hydrogen-bond donors (Lipinski definition) is 3. The van der Waals surface area contributed by atoms with Crippen molar-refractivity contribution < 1.29 is 18.7 Å². The van der Waals surface area contributed by atoms with Crippen LogP contribution in [0.1, 0.15) is 47.6 Å². The molecule has 31 heavy (non-hydrogen) atoms. The van der Waals surface area contributed by atoms with E-state index >= 15 is 4.39 Å². The first kappa shape index (κ1) is 20.2. The molecule has 1 aromatic carbocycles. The van der Waals surface area contributed by atoms with Crippen LogP contribution in [0.25, 0.3) is 10.9 Å². The molecule has 1 saturated heterocycles. The number of pyridine rings is 1. The van der Waals surface area contributed by atoms with Gasteiger partial charge >= 0.3 is 5.97 Å². The fraction of sp³-hybridized carbons (Fsp3) is 0.545. The van der Waals surface area contributed by atoms with E-state index in [4.69, 9.17) is 5.73 Å². The van der Waals surface area contributed by atoms with Gasteiger partial charge in [-0.3, -0.25) is 4.79 Å². The van der Waals surface area contributed by atoms with Crippen molar-refractivity contribution >= 4 is 28.2 Å². The number of fused-ring (bicyclic) bond motifs is 1. The largest absolute Gasteiger partial charge is 0.477 e. The van der Waals surface area contributed by atoms with Crippen LogP contribution in [0.3, 0.4) is 0 Å². The summed E-state index contributed by atoms with van der Waals surface area (Å²) < 4.78 is 30.9. The Morgan fingerprint density at radius 3 is 2.68 bits per heavy atom. The Bertz CT molecular complexity index is 1140. The van der Waals surface area contributed by atoms with Gasteiger partial charge in [-0.25, -0.2) is 13.6 Å². The monoisotopic (exact) mass is 432 g/mol. The first-order valence-corrected chi connectivity index (χ1v) is 10.8. The standard InChI is InChI=1S/C22H26F2N4O3/c1-10-19-16(21(29)13(22(30)31)9-28(19)15-6-14(15)23)18(25)17(24)20(10)27-5-4-11(8-27)7-26-12-2-3-12/h9,11-12,14-15,26H,2-8,25H2,1H3,(H,30,31)/t11-,14+,15-/m1/s1. The quantitative estimate of drug-likeness (QED) is 0.607. The second-order valence-electron chi connectivity index (χ2n) is 9.11. The van der Waals surface area contributed by atoms with E-state index in [-0.39, 0.29) is 17.5 Å². The van der Waals surface area contributed by atoms with Gasteiger partial charge in [0.1, 0.15) is 11.7 Å². The highest BCUT2D eigenvalue weighted by atomic mass is 19.1. The zero-order valence-electron chi connectivity index (χ0n) is 17.3. The maximum Gasteiger partial charge on any atom is 0.341 e. The number of nitrogens with two attached hydrogens (primary N) is 1. The molecule has 0 bridgehead atoms. The van der Waals surface area contributed by atoms with Crippen LogP contribution >= 0.6 is 0 Å². The van der Waals surface area contributed by atoms with Crippen molar-refractivity contribution in [3.63, 3.8) is 0 Å². The molecule has 3 aliphatic rings. The summed E-state index contributed by atoms with van der Waals surface area (Å²) in [7, 11) is 0. The average molecular weight is 432 g/mol. The first-order chi connectivity index (χ1) is 14.8. The lowest BCUT2D eigenvalue weighted by Gasteiger charge is -2.25. The molecule has 2 aliphatic carbocycles. The summed E-state index contributed by atoms with van der Waals surface area (Å²) in [5, 5.41) is 12.8. The van der Waals surface area contributed by atoms with Crippen LogP contribution < -0.4 is 21.4 Å². The van der Waals surface area contributed by atoms with E-state index in [1.165, 1.54) is 23.6 Å². The van der Waals surface area contributed by atoms with E-state index in [2.05, 4.69) is 5.32 Å². The number of nitrogens with zero attached hydrogens (tertiary/aromatic N) is 2. The van der Waals surface area contributed by atoms with Crippen molar-refractivity contribution in [3.8, 4) is 0 Å². The molecule has 5 rings (SSSR count). The first-order valence-electron chi connectivity index (χ1n) is 10.8. The summed E-state index contributed by atoms with van der Waals surface area (Å²) in [5.74, 6) is -1.77. The number of halogens is 2. The van der Waals surface area contributed by atoms with E-state index < -0.39 is 35.0 Å². The van der Waals surface area contributed by atoms with E-state index in [1.54, 1.807) is 6.92 Å². The molecular weight excluding hydrogens is 406 g/mol. The maximum atomic E-state index is 15.5. The SMILES string of the molecule is Cc1c(N2CC[C@H](CNC3CC3)C2)c(F)c(N)c2c(=O)c(C(=O)O)cn([C@@H]3C[C@@H]3F)c12. The third kappa shape index (κ3) is 3.35. The van der Waals surface area contributed by atoms with Gasteiger partial charge in [0.15, 0.2) is 5.82 Å². The molecule has 4 N–H and O–H groups in total. The van der Waals surface area contributed by atoms with E-state index in [0.29, 0.717) is 41.8 Å². The van der Waals surface area contributed by atoms with Gasteiger partial charge in [-0.05, 0) is 44.2 Å². The van der Waals surface area contributed by atoms with Crippen molar-refractivity contribution in [2.45, 2.75) is 50.9 Å². The molecular formula is C22H26F2N4O3. The lowest BCUT2D eigenvalue weighted by atomic mass is 10.0. The van der Waals surface area contributed by atoms with Gasteiger partial charge in [-0.15, -0.1) is 0 Å². The third-order valence-corrected chi connectivity index (χ3v) is 6.80. The fourth-order valence-corrected chi connectivity index (χ4v) is 4.83. The number of hydrogen-bond acceptors (Lipinski definition) is 5. The topological polar surface area (TPSA) is 101 Å². The van der Waals surface area contributed by atoms with E-state index in [1.807, 2.05) is 4.90 Å². The molecule has 9 heteroatoms. The number of carboxylic acids is 1. The maximum absolute atomic E-state index is 15.5. The Balaban J connectivity index is 1.63. The van der Waals surface area contributed by atoms with Crippen molar-refractivity contribution in [1.82, 2.24) is 9.88 Å². The highest BCUT2D eigenvalue weighted by Gasteiger charge is 2.41. The van der Waals surface area contributed by atoms with E-state index in [9.17, 15) is 19.1 Å². The van der Waals surface area contributed by atoms with Gasteiger partial charge in [0.05, 0.1) is 28.3 Å². The minimum atomic E-state index is -1.44. The van der Waals surface area contributed by atoms with Gasteiger partial charge in [-0.1, -0.05) is 0 Å². The zero-order chi connectivity index (χ0) is 22.0. The minimum Gasteiger partial charge on any atom is -0.477 e. The molecule has 1 aliphatic heterocycles. The van der Waals surface area contributed by atoms with Crippen molar-refractivity contribution in [1.29, 1.82) is 0 Å². The molecule has 1 aromatic heterocycles. The lowest BCUT2D eigenvalue weighted by molar-refractivity contribution is 0.0694. The van der Waals surface area contributed by atoms with Crippen LogP contribution in [-0.4, -0.2) is 47.5 Å². The number of nitrogens with one attached hydrogen (secondary N) is 1. The number of anilines is 2. The average Bonchev–Trinajstić information content (AvgIpc) is 3.64. The van der Waals surface area contributed by atoms with Gasteiger partial charge < -0.3 is 25.6 Å². The van der Waals surface area contributed by atoms with Crippen molar-refractivity contribution in [2.24, 2.45) is 5.92 Å². The summed E-state index contributed by atoms with van der Waals surface area (Å²) >= 11 is 0. The summed E-state index contributed by atoms with van der Waals surface area (Å²) in [6, 6.07) is 0.0283. The number of aromatic carboxylic acids is 1. The summed E-state index contributed by atoms with van der Waals surface area (Å²) in [4.78, 5) is 26.4. The van der Waals surface area contributed by atoms with Crippen LogP contribution in [0, 0.1) is 18.7 Å². The number of carboxylic acid groups (broad SMARTS) is 1. The molecule has 0 unspecified atom stereocenters. The Morgan fingerprint density at radius 1 is 1.35 bits per heavy atom. The number of alkyl halides is 1. The van der Waals surface area contributed by atoms with Crippen LogP contribution in [0.2, 0.25) is 0 Å². The molecule has 3 fully saturated rings. The van der Waals surface area contributed by atoms with Gasteiger partial charge in [-0.2, -0.15) is 0 Å². The fourth-order valence-electron chi connectivity index (χ4n) is 4.83. The Labute approximate surface area is 177 Å². The highest BCUT2D eigenvalue weighted by molar-refractivity contribution is 6.01. The molecule has 166 valence electrons. The number of rotatable bonds is 6. The predicted octanol–water partition coefficient (Wildman–Crippen LogP) is 2.59. The molecule has 3 atom stereocenters. The number of carbonyl (C=O) groups is 1. The molecule has 0 amide bonds. The second kappa shape index (κ2) is 7.19.